The predicted molar refractivity (Wildman–Crippen MR) is 105 cm³/mol. The van der Waals surface area contributed by atoms with E-state index in [4.69, 9.17) is 21.1 Å². The van der Waals surface area contributed by atoms with Crippen LogP contribution in [0.4, 0.5) is 0 Å². The van der Waals surface area contributed by atoms with E-state index in [0.29, 0.717) is 36.6 Å². The van der Waals surface area contributed by atoms with Gasteiger partial charge >= 0.3 is 5.97 Å². The lowest BCUT2D eigenvalue weighted by atomic mass is 9.61. The van der Waals surface area contributed by atoms with Crippen molar-refractivity contribution in [3.8, 4) is 0 Å². The van der Waals surface area contributed by atoms with Gasteiger partial charge in [0.25, 0.3) is 0 Å². The van der Waals surface area contributed by atoms with Gasteiger partial charge in [-0.1, -0.05) is 23.7 Å². The molecule has 1 aliphatic heterocycles. The molecule has 8 heteroatoms. The van der Waals surface area contributed by atoms with E-state index < -0.39 is 46.9 Å². The van der Waals surface area contributed by atoms with Gasteiger partial charge in [-0.05, 0) is 45.2 Å². The van der Waals surface area contributed by atoms with Gasteiger partial charge in [0.2, 0.25) is 5.91 Å². The number of esters is 1. The third-order valence-corrected chi connectivity index (χ3v) is 5.50. The van der Waals surface area contributed by atoms with Crippen LogP contribution < -0.4 is 5.32 Å². The Hall–Kier alpha value is -2.25. The van der Waals surface area contributed by atoms with Crippen LogP contribution in [0.5, 0.6) is 0 Å². The van der Waals surface area contributed by atoms with Crippen LogP contribution in [0.3, 0.4) is 0 Å². The quantitative estimate of drug-likeness (QED) is 0.593. The Labute approximate surface area is 174 Å². The van der Waals surface area contributed by atoms with Crippen LogP contribution in [0, 0.1) is 5.92 Å². The molecule has 1 unspecified atom stereocenters. The summed E-state index contributed by atoms with van der Waals surface area (Å²) in [6, 6.07) is 4.85. The summed E-state index contributed by atoms with van der Waals surface area (Å²) in [7, 11) is 0. The highest BCUT2D eigenvalue weighted by Gasteiger charge is 2.55. The Bertz CT molecular complexity index is 866. The number of fused-ring (bicyclic) bond motifs is 2. The normalized spacial score (nSPS) is 20.9. The van der Waals surface area contributed by atoms with Gasteiger partial charge in [0, 0.05) is 23.8 Å². The largest absolute Gasteiger partial charge is 0.459 e. The second kappa shape index (κ2) is 7.88. The van der Waals surface area contributed by atoms with Gasteiger partial charge < -0.3 is 14.8 Å². The number of ketones is 2. The molecule has 1 N–H and O–H groups in total. The van der Waals surface area contributed by atoms with Crippen LogP contribution in [0.25, 0.3) is 0 Å². The average molecular weight is 422 g/mol. The number of Topliss-reactive ketones (excluding diaryl/α,β-unsaturated/α-hetero) is 2. The Morgan fingerprint density at radius 3 is 2.52 bits per heavy atom. The van der Waals surface area contributed by atoms with Gasteiger partial charge in [-0.25, -0.2) is 0 Å². The summed E-state index contributed by atoms with van der Waals surface area (Å²) >= 11 is 6.38. The molecule has 0 radical (unpaired) electrons. The second-order valence-electron chi connectivity index (χ2n) is 8.32. The molecule has 0 aromatic heterocycles. The fraction of sp³-hybridized carbons (Fsp3) is 0.524. The number of hydrogen-bond acceptors (Lipinski definition) is 6. The first-order valence-electron chi connectivity index (χ1n) is 9.52. The number of benzene rings is 1. The molecule has 1 saturated heterocycles. The fourth-order valence-corrected chi connectivity index (χ4v) is 4.34. The highest BCUT2D eigenvalue weighted by molar-refractivity contribution is 6.35. The summed E-state index contributed by atoms with van der Waals surface area (Å²) in [6.07, 6.45) is 0.678. The van der Waals surface area contributed by atoms with Crippen LogP contribution in [-0.2, 0) is 29.3 Å². The highest BCUT2D eigenvalue weighted by atomic mass is 35.5. The lowest BCUT2D eigenvalue weighted by molar-refractivity contribution is -0.155. The molecular formula is C21H24ClNO6. The van der Waals surface area contributed by atoms with E-state index in [1.807, 2.05) is 0 Å². The van der Waals surface area contributed by atoms with Crippen molar-refractivity contribution < 1.29 is 28.7 Å². The molecular weight excluding hydrogens is 398 g/mol. The Balaban J connectivity index is 1.90. The Morgan fingerprint density at radius 1 is 1.24 bits per heavy atom. The maximum Gasteiger partial charge on any atom is 0.325 e. The minimum absolute atomic E-state index is 0.274. The molecule has 3 rings (SSSR count). The summed E-state index contributed by atoms with van der Waals surface area (Å²) in [5.41, 5.74) is -0.999. The van der Waals surface area contributed by atoms with E-state index in [9.17, 15) is 19.2 Å². The number of amides is 1. The highest BCUT2D eigenvalue weighted by Crippen LogP contribution is 2.47. The number of nitrogens with one attached hydrogen (secondary N) is 1. The van der Waals surface area contributed by atoms with E-state index >= 15 is 0 Å². The van der Waals surface area contributed by atoms with Crippen LogP contribution >= 0.6 is 11.6 Å². The van der Waals surface area contributed by atoms with Crippen molar-refractivity contribution in [2.45, 2.75) is 44.6 Å². The first-order valence-corrected chi connectivity index (χ1v) is 9.89. The summed E-state index contributed by atoms with van der Waals surface area (Å²) < 4.78 is 10.6. The monoisotopic (exact) mass is 421 g/mol. The lowest BCUT2D eigenvalue weighted by Gasteiger charge is -2.42. The molecule has 156 valence electrons. The maximum absolute atomic E-state index is 13.4. The summed E-state index contributed by atoms with van der Waals surface area (Å²) in [5.74, 6) is -4.07. The van der Waals surface area contributed by atoms with Crippen LogP contribution in [0.1, 0.15) is 49.5 Å². The SMILES string of the molecule is CC(C)(C)OC(=O)CNC(=O)C1C(=O)c2cccc(Cl)c2C2(CCOCC2)C1=O. The van der Waals surface area contributed by atoms with Crippen LogP contribution in [0.2, 0.25) is 5.02 Å². The van der Waals surface area contributed by atoms with Crippen molar-refractivity contribution in [3.05, 3.63) is 34.3 Å². The predicted octanol–water partition coefficient (Wildman–Crippen LogP) is 2.23. The summed E-state index contributed by atoms with van der Waals surface area (Å²) in [4.78, 5) is 51.2. The van der Waals surface area contributed by atoms with Gasteiger partial charge in [-0.3, -0.25) is 19.2 Å². The molecule has 1 aromatic rings. The maximum atomic E-state index is 13.4. The standard InChI is InChI=1S/C21H24ClNO6/c1-20(2,3)29-14(24)11-23-19(27)15-17(25)12-5-4-6-13(22)16(12)21(18(15)26)7-9-28-10-8-21/h4-6,15H,7-11H2,1-3H3,(H,23,27). The Kier molecular flexibility index (Phi) is 5.83. The summed E-state index contributed by atoms with van der Waals surface area (Å²) in [6.45, 7) is 5.35. The van der Waals surface area contributed by atoms with Gasteiger partial charge in [0.1, 0.15) is 12.1 Å². The van der Waals surface area contributed by atoms with Crippen molar-refractivity contribution in [1.82, 2.24) is 5.32 Å². The number of hydrogen-bond donors (Lipinski definition) is 1. The third-order valence-electron chi connectivity index (χ3n) is 5.19. The molecule has 7 nitrogen and oxygen atoms in total. The molecule has 1 amide bonds. The van der Waals surface area contributed by atoms with Gasteiger partial charge in [-0.2, -0.15) is 0 Å². The van der Waals surface area contributed by atoms with Crippen LogP contribution in [-0.4, -0.2) is 48.8 Å². The van der Waals surface area contributed by atoms with E-state index in [2.05, 4.69) is 5.32 Å². The molecule has 1 aromatic carbocycles. The Morgan fingerprint density at radius 2 is 1.90 bits per heavy atom. The fourth-order valence-electron chi connectivity index (χ4n) is 3.98. The van der Waals surface area contributed by atoms with Gasteiger partial charge in [0.15, 0.2) is 17.5 Å². The van der Waals surface area contributed by atoms with Gasteiger partial charge in [-0.15, -0.1) is 0 Å². The second-order valence-corrected chi connectivity index (χ2v) is 8.73. The van der Waals surface area contributed by atoms with Crippen molar-refractivity contribution >= 4 is 35.0 Å². The molecule has 1 fully saturated rings. The summed E-state index contributed by atoms with van der Waals surface area (Å²) in [5, 5.41) is 2.72. The molecule has 1 spiro atoms. The van der Waals surface area contributed by atoms with Crippen molar-refractivity contribution in [3.63, 3.8) is 0 Å². The third kappa shape index (κ3) is 4.07. The minimum Gasteiger partial charge on any atom is -0.459 e. The van der Waals surface area contributed by atoms with E-state index in [1.54, 1.807) is 39.0 Å². The van der Waals surface area contributed by atoms with Crippen molar-refractivity contribution in [2.75, 3.05) is 19.8 Å². The first kappa shape index (κ1) is 21.5. The zero-order chi connectivity index (χ0) is 21.4. The van der Waals surface area contributed by atoms with Gasteiger partial charge in [0.05, 0.1) is 5.41 Å². The number of carbonyl (C=O) groups excluding carboxylic acids is 4. The molecule has 1 heterocycles. The van der Waals surface area contributed by atoms with E-state index in [-0.39, 0.29) is 5.56 Å². The first-order chi connectivity index (χ1) is 13.6. The topological polar surface area (TPSA) is 98.8 Å². The van der Waals surface area contributed by atoms with E-state index in [0.717, 1.165) is 0 Å². The zero-order valence-electron chi connectivity index (χ0n) is 16.7. The van der Waals surface area contributed by atoms with E-state index in [1.165, 1.54) is 0 Å². The molecule has 0 saturated carbocycles. The smallest absolute Gasteiger partial charge is 0.325 e. The number of rotatable bonds is 3. The molecule has 0 bridgehead atoms. The lowest BCUT2D eigenvalue weighted by Crippen LogP contribution is -2.55. The average Bonchev–Trinajstić information content (AvgIpc) is 2.64. The molecule has 1 aliphatic carbocycles. The zero-order valence-corrected chi connectivity index (χ0v) is 17.4. The molecule has 1 atom stereocenters. The molecule has 2 aliphatic rings. The van der Waals surface area contributed by atoms with Crippen LogP contribution in [0.15, 0.2) is 18.2 Å². The number of halogens is 1. The number of ether oxygens (including phenoxy) is 2. The molecule has 29 heavy (non-hydrogen) atoms. The minimum atomic E-state index is -1.53. The van der Waals surface area contributed by atoms with Crippen molar-refractivity contribution in [1.29, 1.82) is 0 Å². The van der Waals surface area contributed by atoms with Crippen molar-refractivity contribution in [2.24, 2.45) is 5.92 Å². The number of carbonyl (C=O) groups is 4.